The first-order valence-electron chi connectivity index (χ1n) is 11.3. The molecule has 1 atom stereocenters. The van der Waals surface area contributed by atoms with Gasteiger partial charge in [-0.2, -0.15) is 5.10 Å². The molecule has 5 rings (SSSR count). The normalized spacial score (nSPS) is 23.0. The Morgan fingerprint density at radius 3 is 2.79 bits per heavy atom. The van der Waals surface area contributed by atoms with Gasteiger partial charge in [-0.15, -0.1) is 0 Å². The Balaban J connectivity index is 1.33. The quantitative estimate of drug-likeness (QED) is 0.583. The topological polar surface area (TPSA) is 126 Å². The maximum Gasteiger partial charge on any atom is 0.253 e. The summed E-state index contributed by atoms with van der Waals surface area (Å²) >= 11 is 0. The van der Waals surface area contributed by atoms with Gasteiger partial charge in [0.25, 0.3) is 5.91 Å². The third kappa shape index (κ3) is 4.49. The largest absolute Gasteiger partial charge is 0.481 e. The van der Waals surface area contributed by atoms with Crippen molar-refractivity contribution in [1.29, 1.82) is 0 Å². The van der Waals surface area contributed by atoms with E-state index in [4.69, 9.17) is 19.9 Å². The number of amides is 1. The Hall–Kier alpha value is -3.24. The minimum atomic E-state index is -0.185. The SMILES string of the molecule is COc1cc(-c2cc(C(=O)NC3CCC(OC4CCOC4)CC3)c3c(N)ncnn23)ccn1. The molecule has 1 aliphatic heterocycles. The molecule has 2 aliphatic rings. The van der Waals surface area contributed by atoms with Crippen LogP contribution in [0.15, 0.2) is 30.7 Å². The van der Waals surface area contributed by atoms with Gasteiger partial charge in [-0.1, -0.05) is 0 Å². The number of rotatable bonds is 6. The first kappa shape index (κ1) is 21.6. The van der Waals surface area contributed by atoms with Crippen LogP contribution in [0.5, 0.6) is 5.88 Å². The Bertz CT molecular complexity index is 1140. The van der Waals surface area contributed by atoms with E-state index < -0.39 is 0 Å². The van der Waals surface area contributed by atoms with E-state index in [1.807, 2.05) is 6.07 Å². The van der Waals surface area contributed by atoms with Crippen LogP contribution in [0.2, 0.25) is 0 Å². The fraction of sp³-hybridized carbons (Fsp3) is 0.478. The number of ether oxygens (including phenoxy) is 3. The second-order valence-corrected chi connectivity index (χ2v) is 8.50. The van der Waals surface area contributed by atoms with Gasteiger partial charge in [0.15, 0.2) is 5.82 Å². The molecule has 1 saturated carbocycles. The van der Waals surface area contributed by atoms with Crippen LogP contribution in [0.3, 0.4) is 0 Å². The first-order chi connectivity index (χ1) is 16.1. The van der Waals surface area contributed by atoms with Crippen molar-refractivity contribution in [3.8, 4) is 17.1 Å². The van der Waals surface area contributed by atoms with Gasteiger partial charge < -0.3 is 25.3 Å². The number of carbonyl (C=O) groups excluding carboxylic acids is 1. The number of aromatic nitrogens is 4. The standard InChI is InChI=1S/C23H28N6O4/c1-31-20-10-14(6-8-25-20)19-11-18(21-22(24)26-13-27-29(19)21)23(30)28-15-2-4-16(5-3-15)33-17-7-9-32-12-17/h6,8,10-11,13,15-17H,2-5,7,9,12H2,1H3,(H,28,30)(H2,24,26,27). The fourth-order valence-electron chi connectivity index (χ4n) is 4.63. The van der Waals surface area contributed by atoms with E-state index in [9.17, 15) is 4.79 Å². The zero-order chi connectivity index (χ0) is 22.8. The maximum atomic E-state index is 13.3. The number of hydrogen-bond donors (Lipinski definition) is 2. The number of hydrogen-bond acceptors (Lipinski definition) is 8. The molecule has 1 amide bonds. The maximum absolute atomic E-state index is 13.3. The average molecular weight is 453 g/mol. The van der Waals surface area contributed by atoms with Crippen molar-refractivity contribution in [1.82, 2.24) is 24.9 Å². The zero-order valence-corrected chi connectivity index (χ0v) is 18.6. The van der Waals surface area contributed by atoms with Crippen LogP contribution in [0, 0.1) is 0 Å². The van der Waals surface area contributed by atoms with Gasteiger partial charge in [0, 0.05) is 30.5 Å². The molecular formula is C23H28N6O4. The summed E-state index contributed by atoms with van der Waals surface area (Å²) < 4.78 is 18.4. The van der Waals surface area contributed by atoms with Crippen molar-refractivity contribution in [2.24, 2.45) is 0 Å². The number of carbonyl (C=O) groups is 1. The molecule has 3 N–H and O–H groups in total. The third-order valence-corrected chi connectivity index (χ3v) is 6.35. The molecule has 1 unspecified atom stereocenters. The lowest BCUT2D eigenvalue weighted by atomic mass is 9.92. The van der Waals surface area contributed by atoms with Crippen molar-refractivity contribution in [2.75, 3.05) is 26.1 Å². The van der Waals surface area contributed by atoms with Gasteiger partial charge in [-0.25, -0.2) is 14.5 Å². The molecular weight excluding hydrogens is 424 g/mol. The zero-order valence-electron chi connectivity index (χ0n) is 18.6. The number of pyridine rings is 1. The molecule has 33 heavy (non-hydrogen) atoms. The number of fused-ring (bicyclic) bond motifs is 1. The van der Waals surface area contributed by atoms with Crippen LogP contribution < -0.4 is 15.8 Å². The second kappa shape index (κ2) is 9.32. The van der Waals surface area contributed by atoms with E-state index in [0.29, 0.717) is 29.3 Å². The number of nitrogens with one attached hydrogen (secondary N) is 1. The Kier molecular flexibility index (Phi) is 6.10. The van der Waals surface area contributed by atoms with Gasteiger partial charge in [0.2, 0.25) is 5.88 Å². The highest BCUT2D eigenvalue weighted by molar-refractivity contribution is 6.05. The molecule has 10 heteroatoms. The number of anilines is 1. The summed E-state index contributed by atoms with van der Waals surface area (Å²) in [6, 6.07) is 5.50. The third-order valence-electron chi connectivity index (χ3n) is 6.35. The highest BCUT2D eigenvalue weighted by Gasteiger charge is 2.28. The smallest absolute Gasteiger partial charge is 0.253 e. The average Bonchev–Trinajstić information content (AvgIpc) is 3.49. The lowest BCUT2D eigenvalue weighted by molar-refractivity contribution is -0.0351. The molecule has 0 aromatic carbocycles. The molecule has 0 radical (unpaired) electrons. The van der Waals surface area contributed by atoms with Gasteiger partial charge in [-0.05, 0) is 44.2 Å². The fourth-order valence-corrected chi connectivity index (χ4v) is 4.63. The summed E-state index contributed by atoms with van der Waals surface area (Å²) in [5, 5.41) is 7.52. The van der Waals surface area contributed by atoms with E-state index in [0.717, 1.165) is 44.3 Å². The highest BCUT2D eigenvalue weighted by atomic mass is 16.5. The van der Waals surface area contributed by atoms with Crippen molar-refractivity contribution < 1.29 is 19.0 Å². The van der Waals surface area contributed by atoms with Gasteiger partial charge in [0.05, 0.1) is 37.2 Å². The van der Waals surface area contributed by atoms with Crippen LogP contribution in [0.4, 0.5) is 5.82 Å². The van der Waals surface area contributed by atoms with Crippen molar-refractivity contribution in [3.63, 3.8) is 0 Å². The van der Waals surface area contributed by atoms with Crippen LogP contribution >= 0.6 is 0 Å². The first-order valence-corrected chi connectivity index (χ1v) is 11.3. The molecule has 3 aromatic heterocycles. The summed E-state index contributed by atoms with van der Waals surface area (Å²) in [5.74, 6) is 0.534. The van der Waals surface area contributed by atoms with Crippen LogP contribution in [0.25, 0.3) is 16.8 Å². The molecule has 0 spiro atoms. The molecule has 0 bridgehead atoms. The molecule has 1 saturated heterocycles. The Labute approximate surface area is 191 Å². The minimum Gasteiger partial charge on any atom is -0.481 e. The molecule has 3 aromatic rings. The predicted octanol–water partition coefficient (Wildman–Crippen LogP) is 2.23. The predicted molar refractivity (Wildman–Crippen MR) is 121 cm³/mol. The summed E-state index contributed by atoms with van der Waals surface area (Å²) in [6.45, 7) is 1.47. The van der Waals surface area contributed by atoms with E-state index in [2.05, 4.69) is 20.4 Å². The molecule has 174 valence electrons. The summed E-state index contributed by atoms with van der Waals surface area (Å²) in [4.78, 5) is 21.5. The molecule has 1 aliphatic carbocycles. The van der Waals surface area contributed by atoms with E-state index in [1.165, 1.54) is 6.33 Å². The molecule has 2 fully saturated rings. The molecule has 10 nitrogen and oxygen atoms in total. The van der Waals surface area contributed by atoms with E-state index in [1.54, 1.807) is 30.0 Å². The van der Waals surface area contributed by atoms with E-state index >= 15 is 0 Å². The minimum absolute atomic E-state index is 0.0856. The van der Waals surface area contributed by atoms with Gasteiger partial charge >= 0.3 is 0 Å². The van der Waals surface area contributed by atoms with Gasteiger partial charge in [-0.3, -0.25) is 4.79 Å². The lowest BCUT2D eigenvalue weighted by Crippen LogP contribution is -2.39. The van der Waals surface area contributed by atoms with Crippen LogP contribution in [0.1, 0.15) is 42.5 Å². The van der Waals surface area contributed by atoms with Crippen molar-refractivity contribution >= 4 is 17.2 Å². The van der Waals surface area contributed by atoms with Crippen LogP contribution in [-0.2, 0) is 9.47 Å². The molecule has 4 heterocycles. The number of methoxy groups -OCH3 is 1. The Morgan fingerprint density at radius 1 is 1.18 bits per heavy atom. The lowest BCUT2D eigenvalue weighted by Gasteiger charge is -2.30. The van der Waals surface area contributed by atoms with Gasteiger partial charge in [0.1, 0.15) is 11.8 Å². The number of nitrogen functional groups attached to an aromatic ring is 1. The van der Waals surface area contributed by atoms with Crippen molar-refractivity contribution in [3.05, 3.63) is 36.3 Å². The number of nitrogens with two attached hydrogens (primary N) is 1. The number of nitrogens with zero attached hydrogens (tertiary/aromatic N) is 4. The second-order valence-electron chi connectivity index (χ2n) is 8.50. The van der Waals surface area contributed by atoms with Crippen molar-refractivity contribution in [2.45, 2.75) is 50.4 Å². The summed E-state index contributed by atoms with van der Waals surface area (Å²) in [5.41, 5.74) is 8.60. The monoisotopic (exact) mass is 452 g/mol. The Morgan fingerprint density at radius 2 is 2.03 bits per heavy atom. The highest BCUT2D eigenvalue weighted by Crippen LogP contribution is 2.30. The summed E-state index contributed by atoms with van der Waals surface area (Å²) in [7, 11) is 1.56. The van der Waals surface area contributed by atoms with Crippen LogP contribution in [-0.4, -0.2) is 64.1 Å². The summed E-state index contributed by atoms with van der Waals surface area (Å²) in [6.07, 6.45) is 8.02. The van der Waals surface area contributed by atoms with E-state index in [-0.39, 0.29) is 30.0 Å².